The van der Waals surface area contributed by atoms with E-state index in [-0.39, 0.29) is 25.7 Å². The molecule has 13 nitrogen and oxygen atoms in total. The lowest BCUT2D eigenvalue weighted by atomic mass is 10.1. The summed E-state index contributed by atoms with van der Waals surface area (Å²) in [6.45, 7) is 0.233. The number of aliphatic carboxylic acids is 2. The van der Waals surface area contributed by atoms with Crippen LogP contribution in [0.4, 0.5) is 0 Å². The quantitative estimate of drug-likeness (QED) is 0.0356. The summed E-state index contributed by atoms with van der Waals surface area (Å²) in [5.74, 6) is -3.90. The summed E-state index contributed by atoms with van der Waals surface area (Å²) in [6, 6.07) is -1.57. The number of carboxylic acids is 2. The van der Waals surface area contributed by atoms with Gasteiger partial charge in [-0.05, 0) is 38.5 Å². The fraction of sp³-hybridized carbons (Fsp3) is 0.793. The Labute approximate surface area is 255 Å². The average molecular weight is 638 g/mol. The average Bonchev–Trinajstić information content (AvgIpc) is 2.95. The Morgan fingerprint density at radius 1 is 0.721 bits per heavy atom. The molecule has 14 heteroatoms. The van der Waals surface area contributed by atoms with Crippen molar-refractivity contribution in [2.24, 2.45) is 5.73 Å². The molecule has 0 aromatic carbocycles. The van der Waals surface area contributed by atoms with Crippen LogP contribution in [-0.4, -0.2) is 71.0 Å². The number of allylic oxidation sites excluding steroid dienone is 2. The van der Waals surface area contributed by atoms with Gasteiger partial charge >= 0.3 is 31.7 Å². The molecule has 0 aromatic rings. The Morgan fingerprint density at radius 2 is 1.26 bits per heavy atom. The van der Waals surface area contributed by atoms with Gasteiger partial charge in [0.05, 0.1) is 13.2 Å². The number of carbonyl (C=O) groups excluding carboxylic acids is 2. The first-order valence-corrected chi connectivity index (χ1v) is 16.8. The number of phosphoric acid groups is 1. The smallest absolute Gasteiger partial charge is 0.472 e. The summed E-state index contributed by atoms with van der Waals surface area (Å²) in [5, 5.41) is 17.4. The lowest BCUT2D eigenvalue weighted by Crippen LogP contribution is -2.34. The van der Waals surface area contributed by atoms with E-state index in [4.69, 9.17) is 29.9 Å². The lowest BCUT2D eigenvalue weighted by molar-refractivity contribution is -0.161. The molecule has 0 aliphatic heterocycles. The van der Waals surface area contributed by atoms with Crippen LogP contribution in [0.1, 0.15) is 116 Å². The number of unbranched alkanes of at least 4 members (excludes halogenated alkanes) is 11. The maximum Gasteiger partial charge on any atom is 0.472 e. The Morgan fingerprint density at radius 3 is 1.84 bits per heavy atom. The molecule has 0 radical (unpaired) electrons. The van der Waals surface area contributed by atoms with Crippen LogP contribution in [0.5, 0.6) is 0 Å². The van der Waals surface area contributed by atoms with Crippen molar-refractivity contribution in [3.63, 3.8) is 0 Å². The van der Waals surface area contributed by atoms with E-state index in [0.717, 1.165) is 38.5 Å². The van der Waals surface area contributed by atoms with Crippen LogP contribution in [-0.2, 0) is 42.3 Å². The predicted molar refractivity (Wildman–Crippen MR) is 159 cm³/mol. The SMILES string of the molecule is CCCCCCCC/C=C\CCCCCCCC(=O)OC[C@H](COP(=O)(O)OC[C@H](N)C(=O)O)OC(=O)CCCC(=O)O. The highest BCUT2D eigenvalue weighted by Gasteiger charge is 2.28. The zero-order valence-corrected chi connectivity index (χ0v) is 26.4. The molecule has 0 aliphatic carbocycles. The fourth-order valence-electron chi connectivity index (χ4n) is 3.80. The van der Waals surface area contributed by atoms with Gasteiger partial charge in [0.2, 0.25) is 0 Å². The summed E-state index contributed by atoms with van der Waals surface area (Å²) in [7, 11) is -4.77. The van der Waals surface area contributed by atoms with Crippen LogP contribution in [0.3, 0.4) is 0 Å². The number of ether oxygens (including phenoxy) is 2. The summed E-state index contributed by atoms with van der Waals surface area (Å²) in [4.78, 5) is 55.4. The van der Waals surface area contributed by atoms with Crippen LogP contribution in [0, 0.1) is 0 Å². The minimum Gasteiger partial charge on any atom is -0.481 e. The molecule has 0 aromatic heterocycles. The number of nitrogens with two attached hydrogens (primary N) is 1. The molecule has 0 saturated heterocycles. The zero-order valence-electron chi connectivity index (χ0n) is 25.5. The fourth-order valence-corrected chi connectivity index (χ4v) is 4.58. The maximum absolute atomic E-state index is 12.2. The first kappa shape index (κ1) is 40.7. The third kappa shape index (κ3) is 27.0. The number of carboxylic acid groups (broad SMARTS) is 2. The van der Waals surface area contributed by atoms with E-state index in [0.29, 0.717) is 6.42 Å². The van der Waals surface area contributed by atoms with E-state index in [9.17, 15) is 28.6 Å². The Bertz CT molecular complexity index is 866. The molecule has 0 aliphatic rings. The molecule has 0 rings (SSSR count). The van der Waals surface area contributed by atoms with Crippen molar-refractivity contribution < 1.29 is 57.4 Å². The van der Waals surface area contributed by atoms with Crippen LogP contribution in [0.2, 0.25) is 0 Å². The molecular weight excluding hydrogens is 585 g/mol. The molecule has 250 valence electrons. The minimum absolute atomic E-state index is 0.00565. The highest BCUT2D eigenvalue weighted by molar-refractivity contribution is 7.47. The first-order chi connectivity index (χ1) is 20.5. The third-order valence-corrected chi connectivity index (χ3v) is 7.25. The second-order valence-corrected chi connectivity index (χ2v) is 11.8. The largest absolute Gasteiger partial charge is 0.481 e. The molecule has 0 heterocycles. The predicted octanol–water partition coefficient (Wildman–Crippen LogP) is 5.28. The van der Waals surface area contributed by atoms with Gasteiger partial charge < -0.3 is 30.3 Å². The van der Waals surface area contributed by atoms with Gasteiger partial charge in [0.15, 0.2) is 6.10 Å². The van der Waals surface area contributed by atoms with Gasteiger partial charge in [-0.25, -0.2) is 4.57 Å². The number of hydrogen-bond acceptors (Lipinski definition) is 10. The monoisotopic (exact) mass is 637 g/mol. The Hall–Kier alpha value is -2.31. The number of hydrogen-bond donors (Lipinski definition) is 4. The van der Waals surface area contributed by atoms with Gasteiger partial charge in [0.25, 0.3) is 0 Å². The van der Waals surface area contributed by atoms with Crippen molar-refractivity contribution >= 4 is 31.7 Å². The molecule has 3 atom stereocenters. The normalized spacial score (nSPS) is 14.2. The molecule has 0 saturated carbocycles. The van der Waals surface area contributed by atoms with Crippen LogP contribution in [0.15, 0.2) is 12.2 Å². The molecule has 0 bridgehead atoms. The van der Waals surface area contributed by atoms with E-state index in [1.807, 2.05) is 0 Å². The molecule has 0 spiro atoms. The van der Waals surface area contributed by atoms with Crippen molar-refractivity contribution in [1.82, 2.24) is 0 Å². The first-order valence-electron chi connectivity index (χ1n) is 15.3. The van der Waals surface area contributed by atoms with E-state index in [2.05, 4.69) is 23.6 Å². The number of esters is 2. The molecule has 43 heavy (non-hydrogen) atoms. The van der Waals surface area contributed by atoms with Crippen LogP contribution >= 0.6 is 7.82 Å². The molecule has 1 unspecified atom stereocenters. The van der Waals surface area contributed by atoms with Gasteiger partial charge in [-0.2, -0.15) is 0 Å². The standard InChI is InChI=1S/C29H52NO12P/c1-2-3-4-5-6-7-8-9-10-11-12-13-14-15-16-19-27(33)39-21-24(42-28(34)20-17-18-26(31)32)22-40-43(37,38)41-23-25(30)29(35)36/h9-10,24-25H,2-8,11-23,30H2,1H3,(H,31,32)(H,35,36)(H,37,38)/b10-9-/t24-,25+/m1/s1. The second-order valence-electron chi connectivity index (χ2n) is 10.4. The summed E-state index contributed by atoms with van der Waals surface area (Å²) in [6.07, 6.45) is 17.5. The van der Waals surface area contributed by atoms with Crippen LogP contribution in [0.25, 0.3) is 0 Å². The lowest BCUT2D eigenvalue weighted by Gasteiger charge is -2.20. The molecule has 5 N–H and O–H groups in total. The number of rotatable bonds is 29. The Balaban J connectivity index is 4.33. The van der Waals surface area contributed by atoms with Gasteiger partial charge in [0.1, 0.15) is 12.6 Å². The van der Waals surface area contributed by atoms with Crippen LogP contribution < -0.4 is 5.73 Å². The molecule has 0 amide bonds. The maximum atomic E-state index is 12.2. The van der Waals surface area contributed by atoms with Gasteiger partial charge in [0, 0.05) is 19.3 Å². The van der Waals surface area contributed by atoms with Crippen molar-refractivity contribution in [2.45, 2.75) is 128 Å². The Kier molecular flexibility index (Phi) is 24.7. The summed E-state index contributed by atoms with van der Waals surface area (Å²) in [5.41, 5.74) is 5.23. The van der Waals surface area contributed by atoms with Crippen molar-refractivity contribution in [2.75, 3.05) is 19.8 Å². The third-order valence-electron chi connectivity index (χ3n) is 6.30. The number of phosphoric ester groups is 1. The summed E-state index contributed by atoms with van der Waals surface area (Å²) < 4.78 is 31.6. The minimum atomic E-state index is -4.77. The highest BCUT2D eigenvalue weighted by Crippen LogP contribution is 2.43. The van der Waals surface area contributed by atoms with Crippen molar-refractivity contribution in [1.29, 1.82) is 0 Å². The van der Waals surface area contributed by atoms with Gasteiger partial charge in [-0.1, -0.05) is 70.4 Å². The topological polar surface area (TPSA) is 209 Å². The van der Waals surface area contributed by atoms with Crippen molar-refractivity contribution in [3.8, 4) is 0 Å². The van der Waals surface area contributed by atoms with Gasteiger partial charge in [-0.15, -0.1) is 0 Å². The number of carbonyl (C=O) groups is 4. The zero-order chi connectivity index (χ0) is 32.3. The molecule has 0 fully saturated rings. The van der Waals surface area contributed by atoms with E-state index >= 15 is 0 Å². The van der Waals surface area contributed by atoms with E-state index in [1.54, 1.807) is 0 Å². The van der Waals surface area contributed by atoms with Crippen molar-refractivity contribution in [3.05, 3.63) is 12.2 Å². The molecular formula is C29H52NO12P. The van der Waals surface area contributed by atoms with E-state index < -0.39 is 63.7 Å². The highest BCUT2D eigenvalue weighted by atomic mass is 31.2. The van der Waals surface area contributed by atoms with Gasteiger partial charge in [-0.3, -0.25) is 28.2 Å². The second kappa shape index (κ2) is 26.1. The van der Waals surface area contributed by atoms with E-state index in [1.165, 1.54) is 38.5 Å². The summed E-state index contributed by atoms with van der Waals surface area (Å²) >= 11 is 0.